The number of aromatic nitrogens is 3. The molecular formula is C18H15Cl2N5O2. The van der Waals surface area contributed by atoms with Crippen LogP contribution >= 0.6 is 23.2 Å². The number of benzene rings is 1. The standard InChI is InChI=1S/C18H15Cl2N5O2/c1-10-13(18(27)25-17(23-10)12(7-21)8-22-25)6-16(26)24(2)9-11-3-4-14(19)15(20)5-11/h3-5,8,22H,6,9H2,1-2H3. The van der Waals surface area contributed by atoms with E-state index < -0.39 is 5.56 Å². The van der Waals surface area contributed by atoms with E-state index in [0.29, 0.717) is 22.3 Å². The molecule has 0 unspecified atom stereocenters. The number of fused-ring (bicyclic) bond motifs is 1. The summed E-state index contributed by atoms with van der Waals surface area (Å²) in [6, 6.07) is 7.12. The van der Waals surface area contributed by atoms with E-state index in [9.17, 15) is 9.59 Å². The van der Waals surface area contributed by atoms with Gasteiger partial charge in [0, 0.05) is 31.0 Å². The number of nitrogens with zero attached hydrogens (tertiary/aromatic N) is 4. The van der Waals surface area contributed by atoms with Gasteiger partial charge in [0.25, 0.3) is 5.56 Å². The van der Waals surface area contributed by atoms with Gasteiger partial charge in [-0.3, -0.25) is 14.7 Å². The van der Waals surface area contributed by atoms with Crippen LogP contribution in [0.25, 0.3) is 5.65 Å². The summed E-state index contributed by atoms with van der Waals surface area (Å²) in [6.45, 7) is 1.98. The highest BCUT2D eigenvalue weighted by atomic mass is 35.5. The van der Waals surface area contributed by atoms with Crippen LogP contribution in [0.1, 0.15) is 22.4 Å². The molecule has 0 radical (unpaired) electrons. The second kappa shape index (κ2) is 7.43. The Balaban J connectivity index is 1.84. The molecular weight excluding hydrogens is 389 g/mol. The van der Waals surface area contributed by atoms with Gasteiger partial charge in [0.1, 0.15) is 11.6 Å². The SMILES string of the molecule is Cc1nc2c(C#N)c[nH]n2c(=O)c1CC(=O)N(C)Cc1ccc(Cl)c(Cl)c1. The molecule has 3 aromatic rings. The Hall–Kier alpha value is -2.82. The summed E-state index contributed by atoms with van der Waals surface area (Å²) in [4.78, 5) is 31.0. The Morgan fingerprint density at radius 1 is 1.37 bits per heavy atom. The highest BCUT2D eigenvalue weighted by Crippen LogP contribution is 2.23. The minimum Gasteiger partial charge on any atom is -0.341 e. The first-order valence-corrected chi connectivity index (χ1v) is 8.75. The summed E-state index contributed by atoms with van der Waals surface area (Å²) in [5.74, 6) is -0.241. The van der Waals surface area contributed by atoms with Crippen molar-refractivity contribution in [2.45, 2.75) is 19.9 Å². The molecule has 2 heterocycles. The number of rotatable bonds is 4. The van der Waals surface area contributed by atoms with Crippen LogP contribution in [-0.2, 0) is 17.8 Å². The summed E-state index contributed by atoms with van der Waals surface area (Å²) in [5.41, 5.74) is 1.66. The van der Waals surface area contributed by atoms with Crippen molar-refractivity contribution in [3.05, 3.63) is 67.2 Å². The van der Waals surface area contributed by atoms with Crippen molar-refractivity contribution in [2.24, 2.45) is 0 Å². The van der Waals surface area contributed by atoms with Gasteiger partial charge in [-0.25, -0.2) is 9.50 Å². The molecule has 138 valence electrons. The Morgan fingerprint density at radius 3 is 2.78 bits per heavy atom. The monoisotopic (exact) mass is 403 g/mol. The highest BCUT2D eigenvalue weighted by Gasteiger charge is 2.18. The second-order valence-corrected chi connectivity index (χ2v) is 6.93. The normalized spacial score (nSPS) is 10.8. The Morgan fingerprint density at radius 2 is 2.11 bits per heavy atom. The zero-order valence-electron chi connectivity index (χ0n) is 14.6. The number of halogens is 2. The molecule has 0 saturated heterocycles. The molecule has 0 spiro atoms. The number of hydrogen-bond donors (Lipinski definition) is 1. The molecule has 9 heteroatoms. The fourth-order valence-corrected chi connectivity index (χ4v) is 3.05. The molecule has 27 heavy (non-hydrogen) atoms. The number of nitrogens with one attached hydrogen (secondary N) is 1. The number of H-pyrrole nitrogens is 1. The molecule has 3 rings (SSSR count). The summed E-state index contributed by atoms with van der Waals surface area (Å²) < 4.78 is 1.17. The predicted molar refractivity (Wildman–Crippen MR) is 102 cm³/mol. The zero-order chi connectivity index (χ0) is 19.7. The number of aryl methyl sites for hydroxylation is 1. The van der Waals surface area contributed by atoms with Crippen molar-refractivity contribution in [1.29, 1.82) is 5.26 Å². The number of hydrogen-bond acceptors (Lipinski definition) is 4. The molecule has 0 fully saturated rings. The van der Waals surface area contributed by atoms with Gasteiger partial charge < -0.3 is 4.90 Å². The van der Waals surface area contributed by atoms with Crippen LogP contribution in [0.4, 0.5) is 0 Å². The number of likely N-dealkylation sites (N-methyl/N-ethyl adjacent to an activating group) is 1. The minimum absolute atomic E-state index is 0.0979. The van der Waals surface area contributed by atoms with Gasteiger partial charge in [0.2, 0.25) is 5.91 Å². The smallest absolute Gasteiger partial charge is 0.276 e. The van der Waals surface area contributed by atoms with E-state index in [0.717, 1.165) is 5.56 Å². The molecule has 2 aromatic heterocycles. The van der Waals surface area contributed by atoms with Gasteiger partial charge in [0.15, 0.2) is 5.65 Å². The van der Waals surface area contributed by atoms with Gasteiger partial charge in [-0.15, -0.1) is 0 Å². The van der Waals surface area contributed by atoms with E-state index in [1.807, 2.05) is 6.07 Å². The number of nitriles is 1. The lowest BCUT2D eigenvalue weighted by Crippen LogP contribution is -2.31. The molecule has 1 N–H and O–H groups in total. The zero-order valence-corrected chi connectivity index (χ0v) is 16.1. The first-order chi connectivity index (χ1) is 12.8. The second-order valence-electron chi connectivity index (χ2n) is 6.11. The number of carbonyl (C=O) groups excluding carboxylic acids is 1. The molecule has 1 aromatic carbocycles. The lowest BCUT2D eigenvalue weighted by atomic mass is 10.1. The number of aromatic amines is 1. The van der Waals surface area contributed by atoms with Gasteiger partial charge in [-0.1, -0.05) is 29.3 Å². The van der Waals surface area contributed by atoms with Crippen LogP contribution in [0.15, 0.2) is 29.2 Å². The molecule has 0 bridgehead atoms. The lowest BCUT2D eigenvalue weighted by molar-refractivity contribution is -0.129. The maximum Gasteiger partial charge on any atom is 0.276 e. The summed E-state index contributed by atoms with van der Waals surface area (Å²) in [7, 11) is 1.65. The largest absolute Gasteiger partial charge is 0.341 e. The fraction of sp³-hybridized carbons (Fsp3) is 0.222. The van der Waals surface area contributed by atoms with Crippen LogP contribution in [0.5, 0.6) is 0 Å². The first kappa shape index (κ1) is 19.0. The van der Waals surface area contributed by atoms with Crippen molar-refractivity contribution < 1.29 is 4.79 Å². The lowest BCUT2D eigenvalue weighted by Gasteiger charge is -2.18. The molecule has 7 nitrogen and oxygen atoms in total. The van der Waals surface area contributed by atoms with E-state index >= 15 is 0 Å². The minimum atomic E-state index is -0.393. The third-order valence-corrected chi connectivity index (χ3v) is 4.98. The third-order valence-electron chi connectivity index (χ3n) is 4.24. The number of amides is 1. The van der Waals surface area contributed by atoms with Crippen molar-refractivity contribution in [2.75, 3.05) is 7.05 Å². The molecule has 0 aliphatic carbocycles. The third kappa shape index (κ3) is 3.68. The highest BCUT2D eigenvalue weighted by molar-refractivity contribution is 6.42. The van der Waals surface area contributed by atoms with E-state index in [-0.39, 0.29) is 29.1 Å². The van der Waals surface area contributed by atoms with E-state index in [4.69, 9.17) is 28.5 Å². The van der Waals surface area contributed by atoms with Crippen LogP contribution in [0.2, 0.25) is 10.0 Å². The van der Waals surface area contributed by atoms with Gasteiger partial charge in [-0.05, 0) is 24.6 Å². The summed E-state index contributed by atoms with van der Waals surface area (Å²) >= 11 is 11.9. The maximum absolute atomic E-state index is 12.7. The summed E-state index contributed by atoms with van der Waals surface area (Å²) in [5, 5.41) is 12.6. The van der Waals surface area contributed by atoms with Gasteiger partial charge >= 0.3 is 0 Å². The topological polar surface area (TPSA) is 94.3 Å². The number of carbonyl (C=O) groups is 1. The fourth-order valence-electron chi connectivity index (χ4n) is 2.73. The van der Waals surface area contributed by atoms with Crippen molar-refractivity contribution >= 4 is 34.8 Å². The van der Waals surface area contributed by atoms with E-state index in [1.54, 1.807) is 32.2 Å². The predicted octanol–water partition coefficient (Wildman–Crippen LogP) is 2.71. The van der Waals surface area contributed by atoms with Gasteiger partial charge in [0.05, 0.1) is 16.5 Å². The first-order valence-electron chi connectivity index (χ1n) is 7.99. The van der Waals surface area contributed by atoms with Crippen molar-refractivity contribution in [3.63, 3.8) is 0 Å². The van der Waals surface area contributed by atoms with Crippen LogP contribution < -0.4 is 5.56 Å². The molecule has 1 amide bonds. The van der Waals surface area contributed by atoms with Crippen LogP contribution in [0.3, 0.4) is 0 Å². The molecule has 0 saturated carbocycles. The van der Waals surface area contributed by atoms with Crippen LogP contribution in [-0.4, -0.2) is 32.5 Å². The quantitative estimate of drug-likeness (QED) is 0.724. The van der Waals surface area contributed by atoms with E-state index in [1.165, 1.54) is 15.6 Å². The maximum atomic E-state index is 12.7. The Kier molecular flexibility index (Phi) is 5.22. The van der Waals surface area contributed by atoms with Crippen molar-refractivity contribution in [3.8, 4) is 6.07 Å². The summed E-state index contributed by atoms with van der Waals surface area (Å²) in [6.07, 6.45) is 1.31. The van der Waals surface area contributed by atoms with Crippen molar-refractivity contribution in [1.82, 2.24) is 19.5 Å². The average molecular weight is 404 g/mol. The average Bonchev–Trinajstić information content (AvgIpc) is 3.04. The van der Waals surface area contributed by atoms with Crippen LogP contribution in [0, 0.1) is 18.3 Å². The molecule has 0 aliphatic heterocycles. The van der Waals surface area contributed by atoms with E-state index in [2.05, 4.69) is 10.1 Å². The molecule has 0 aliphatic rings. The molecule has 0 atom stereocenters. The van der Waals surface area contributed by atoms with Gasteiger partial charge in [-0.2, -0.15) is 5.26 Å². The Labute approximate surface area is 164 Å². The Bertz CT molecular complexity index is 1140.